The Bertz CT molecular complexity index is 526. The number of rotatable bonds is 2. The van der Waals surface area contributed by atoms with Crippen molar-refractivity contribution in [1.29, 1.82) is 0 Å². The molecule has 1 aliphatic rings. The quantitative estimate of drug-likeness (QED) is 0.601. The number of hydrogen-bond acceptors (Lipinski definition) is 3. The first kappa shape index (κ1) is 31.3. The Morgan fingerprint density at radius 1 is 1.00 bits per heavy atom. The highest BCUT2D eigenvalue weighted by Crippen LogP contribution is 2.34. The van der Waals surface area contributed by atoms with Gasteiger partial charge in [0, 0.05) is 6.54 Å². The van der Waals surface area contributed by atoms with E-state index in [0.717, 1.165) is 12.0 Å². The molecule has 0 bridgehead atoms. The first-order chi connectivity index (χ1) is 13.3. The lowest BCUT2D eigenvalue weighted by Crippen LogP contribution is -2.47. The first-order valence-electron chi connectivity index (χ1n) is 10.5. The largest absolute Gasteiger partial charge is 0.444 e. The number of nitrogens with zero attached hydrogens (tertiary/aromatic N) is 1. The zero-order valence-corrected chi connectivity index (χ0v) is 20.8. The number of amides is 1. The van der Waals surface area contributed by atoms with E-state index in [9.17, 15) is 9.00 Å². The van der Waals surface area contributed by atoms with Crippen LogP contribution in [0.2, 0.25) is 0 Å². The van der Waals surface area contributed by atoms with Crippen molar-refractivity contribution >= 4 is 17.1 Å². The fourth-order valence-electron chi connectivity index (χ4n) is 2.10. The van der Waals surface area contributed by atoms with Crippen molar-refractivity contribution in [2.75, 3.05) is 6.54 Å². The lowest BCUT2D eigenvalue weighted by atomic mass is 9.95. The van der Waals surface area contributed by atoms with Crippen LogP contribution in [0.3, 0.4) is 0 Å². The molecular weight excluding hydrogens is 372 g/mol. The lowest BCUT2D eigenvalue weighted by molar-refractivity contribution is -0.00575. The molecule has 2 unspecified atom stereocenters. The molecule has 0 aliphatic carbocycles. The predicted molar refractivity (Wildman–Crippen MR) is 123 cm³/mol. The monoisotopic (exact) mass is 416 g/mol. The Morgan fingerprint density at radius 3 is 1.71 bits per heavy atom. The summed E-state index contributed by atoms with van der Waals surface area (Å²) in [6.45, 7) is 22.3. The number of ether oxygens (including phenoxy) is 1. The summed E-state index contributed by atoms with van der Waals surface area (Å²) in [6.07, 6.45) is 0.616. The number of hydrogen-bond donors (Lipinski definition) is 1. The van der Waals surface area contributed by atoms with Gasteiger partial charge in [0.05, 0.1) is 10.9 Å². The number of nitrogens with two attached hydrogens (primary N) is 1. The molecule has 166 valence electrons. The van der Waals surface area contributed by atoms with Crippen LogP contribution >= 0.6 is 0 Å². The number of carbonyl (C=O) groups is 1. The van der Waals surface area contributed by atoms with Gasteiger partial charge in [-0.3, -0.25) is 0 Å². The minimum atomic E-state index is -1.47. The second kappa shape index (κ2) is 17.7. The van der Waals surface area contributed by atoms with Crippen LogP contribution in [0.15, 0.2) is 29.2 Å². The molecule has 28 heavy (non-hydrogen) atoms. The van der Waals surface area contributed by atoms with Gasteiger partial charge in [-0.1, -0.05) is 67.5 Å². The lowest BCUT2D eigenvalue weighted by Gasteiger charge is -2.41. The summed E-state index contributed by atoms with van der Waals surface area (Å²) < 4.78 is 16.5. The summed E-state index contributed by atoms with van der Waals surface area (Å²) in [5, 5.41) is 5.32. The van der Waals surface area contributed by atoms with Crippen LogP contribution in [0, 0.1) is 0 Å². The molecule has 0 saturated carbocycles. The summed E-state index contributed by atoms with van der Waals surface area (Å²) in [7, 11) is -1.47. The van der Waals surface area contributed by atoms with Crippen molar-refractivity contribution in [1.82, 2.24) is 4.90 Å². The van der Waals surface area contributed by atoms with Crippen LogP contribution < -0.4 is 5.14 Å². The Morgan fingerprint density at radius 2 is 1.43 bits per heavy atom. The zero-order valence-electron chi connectivity index (χ0n) is 20.0. The summed E-state index contributed by atoms with van der Waals surface area (Å²) in [5.41, 5.74) is 0.522. The Kier molecular flexibility index (Phi) is 19.8. The van der Waals surface area contributed by atoms with E-state index in [4.69, 9.17) is 9.88 Å². The predicted octanol–water partition coefficient (Wildman–Crippen LogP) is 6.45. The van der Waals surface area contributed by atoms with E-state index in [0.29, 0.717) is 11.4 Å². The minimum absolute atomic E-state index is 0.0325. The maximum Gasteiger partial charge on any atom is 0.410 e. The second-order valence-electron chi connectivity index (χ2n) is 5.84. The summed E-state index contributed by atoms with van der Waals surface area (Å²) in [6, 6.07) is 7.22. The number of benzene rings is 1. The van der Waals surface area contributed by atoms with E-state index < -0.39 is 16.6 Å². The summed E-state index contributed by atoms with van der Waals surface area (Å²) >= 11 is 0. The highest BCUT2D eigenvalue weighted by Gasteiger charge is 2.36. The topological polar surface area (TPSA) is 72.6 Å². The summed E-state index contributed by atoms with van der Waals surface area (Å²) in [5.74, 6) is 0. The van der Waals surface area contributed by atoms with E-state index in [1.807, 2.05) is 88.3 Å². The third-order valence-electron chi connectivity index (χ3n) is 3.14. The van der Waals surface area contributed by atoms with Gasteiger partial charge in [-0.2, -0.15) is 0 Å². The molecule has 1 heterocycles. The molecule has 2 atom stereocenters. The van der Waals surface area contributed by atoms with Crippen LogP contribution in [0.5, 0.6) is 0 Å². The van der Waals surface area contributed by atoms with Gasteiger partial charge in [-0.25, -0.2) is 14.1 Å². The molecule has 2 N–H and O–H groups in total. The SMILES string of the molecule is CC.CC.CC.CC.CC(C)(C)OC(=O)N1CCC1c1ccc(S(N)=O)cc1. The van der Waals surface area contributed by atoms with E-state index in [1.54, 1.807) is 17.0 Å². The molecule has 0 radical (unpaired) electrons. The van der Waals surface area contributed by atoms with Gasteiger partial charge in [0.15, 0.2) is 0 Å². The number of likely N-dealkylation sites (tertiary alicyclic amines) is 1. The number of carbonyl (C=O) groups excluding carboxylic acids is 1. The van der Waals surface area contributed by atoms with Crippen LogP contribution in [0.25, 0.3) is 0 Å². The molecule has 1 fully saturated rings. The van der Waals surface area contributed by atoms with Crippen molar-refractivity contribution in [3.8, 4) is 0 Å². The first-order valence-corrected chi connectivity index (χ1v) is 11.7. The van der Waals surface area contributed by atoms with Crippen molar-refractivity contribution < 1.29 is 13.7 Å². The van der Waals surface area contributed by atoms with Crippen LogP contribution in [-0.2, 0) is 15.7 Å². The Labute approximate surface area is 176 Å². The van der Waals surface area contributed by atoms with Crippen molar-refractivity contribution in [2.24, 2.45) is 5.14 Å². The highest BCUT2D eigenvalue weighted by molar-refractivity contribution is 7.82. The van der Waals surface area contributed by atoms with E-state index in [-0.39, 0.29) is 12.1 Å². The average Bonchev–Trinajstić information content (AvgIpc) is 2.66. The van der Waals surface area contributed by atoms with Crippen molar-refractivity contribution in [3.63, 3.8) is 0 Å². The molecule has 2 rings (SSSR count). The van der Waals surface area contributed by atoms with E-state index in [2.05, 4.69) is 0 Å². The van der Waals surface area contributed by atoms with Gasteiger partial charge in [0.2, 0.25) is 0 Å². The molecule has 1 saturated heterocycles. The molecule has 5 nitrogen and oxygen atoms in total. The van der Waals surface area contributed by atoms with Gasteiger partial charge >= 0.3 is 6.09 Å². The highest BCUT2D eigenvalue weighted by atomic mass is 32.2. The Balaban J connectivity index is -0.000000695. The normalized spacial score (nSPS) is 15.3. The molecule has 6 heteroatoms. The zero-order chi connectivity index (χ0) is 22.9. The molecule has 0 spiro atoms. The molecular formula is C22H44N2O3S. The third-order valence-corrected chi connectivity index (χ3v) is 3.88. The van der Waals surface area contributed by atoms with Crippen LogP contribution in [0.4, 0.5) is 4.79 Å². The van der Waals surface area contributed by atoms with E-state index >= 15 is 0 Å². The average molecular weight is 417 g/mol. The van der Waals surface area contributed by atoms with Gasteiger partial charge in [0.1, 0.15) is 16.6 Å². The Hall–Kier alpha value is -1.40. The standard InChI is InChI=1S/C14H20N2O3S.4C2H6/c1-14(2,3)19-13(17)16-9-8-12(16)10-4-6-11(7-5-10)20(15)18;4*1-2/h4-7,12H,8-9,15H2,1-3H3;4*1-2H3. The molecule has 1 aromatic rings. The summed E-state index contributed by atoms with van der Waals surface area (Å²) in [4.78, 5) is 14.3. The van der Waals surface area contributed by atoms with Crippen LogP contribution in [0.1, 0.15) is 94.2 Å². The van der Waals surface area contributed by atoms with Crippen LogP contribution in [-0.4, -0.2) is 27.3 Å². The van der Waals surface area contributed by atoms with Gasteiger partial charge in [-0.15, -0.1) is 0 Å². The van der Waals surface area contributed by atoms with Crippen molar-refractivity contribution in [3.05, 3.63) is 29.8 Å². The van der Waals surface area contributed by atoms with Crippen molar-refractivity contribution in [2.45, 2.75) is 99.1 Å². The van der Waals surface area contributed by atoms with Gasteiger partial charge in [0.25, 0.3) is 0 Å². The minimum Gasteiger partial charge on any atom is -0.444 e. The molecule has 1 amide bonds. The molecule has 1 aromatic carbocycles. The maximum atomic E-state index is 12.0. The molecule has 0 aromatic heterocycles. The van der Waals surface area contributed by atoms with Gasteiger partial charge in [-0.05, 0) is 44.9 Å². The third kappa shape index (κ3) is 11.4. The maximum absolute atomic E-state index is 12.0. The fraction of sp³-hybridized carbons (Fsp3) is 0.682. The van der Waals surface area contributed by atoms with Gasteiger partial charge < -0.3 is 9.64 Å². The smallest absolute Gasteiger partial charge is 0.410 e. The van der Waals surface area contributed by atoms with E-state index in [1.165, 1.54) is 0 Å². The second-order valence-corrected chi connectivity index (χ2v) is 6.91. The fourth-order valence-corrected chi connectivity index (χ4v) is 2.50. The molecule has 1 aliphatic heterocycles.